The number of piperazine rings is 1. The van der Waals surface area contributed by atoms with Gasteiger partial charge in [-0.3, -0.25) is 14.5 Å². The van der Waals surface area contributed by atoms with Gasteiger partial charge in [0.1, 0.15) is 11.5 Å². The van der Waals surface area contributed by atoms with Crippen molar-refractivity contribution in [1.82, 2.24) is 10.2 Å². The van der Waals surface area contributed by atoms with Gasteiger partial charge >= 0.3 is 11.8 Å². The Bertz CT molecular complexity index is 1140. The molecule has 4 rings (SSSR count). The molecule has 3 aromatic rings. The lowest BCUT2D eigenvalue weighted by molar-refractivity contribution is -0.136. The standard InChI is InChI=1S/C26H29ClN4O4/c1-18-5-6-19(16-22(18)27)29-26(33)25(32)28-17-23(24-4-3-15-35-24)31-13-11-30(12-14-31)20-7-9-21(34-2)10-8-20/h3-10,15-16,23H,11-14,17H2,1-2H3,(H,28,32)(H,29,33). The molecule has 2 amide bonds. The summed E-state index contributed by atoms with van der Waals surface area (Å²) in [6.07, 6.45) is 1.62. The van der Waals surface area contributed by atoms with Crippen LogP contribution in [0.4, 0.5) is 11.4 Å². The van der Waals surface area contributed by atoms with Gasteiger partial charge in [-0.15, -0.1) is 0 Å². The van der Waals surface area contributed by atoms with Crippen molar-refractivity contribution in [3.8, 4) is 5.75 Å². The van der Waals surface area contributed by atoms with Crippen LogP contribution in [-0.2, 0) is 9.59 Å². The number of rotatable bonds is 7. The third-order valence-electron chi connectivity index (χ3n) is 6.16. The van der Waals surface area contributed by atoms with E-state index in [0.29, 0.717) is 10.7 Å². The zero-order valence-corrected chi connectivity index (χ0v) is 20.5. The number of methoxy groups -OCH3 is 1. The summed E-state index contributed by atoms with van der Waals surface area (Å²) in [6.45, 7) is 5.32. The van der Waals surface area contributed by atoms with Crippen LogP contribution >= 0.6 is 11.6 Å². The van der Waals surface area contributed by atoms with Crippen LogP contribution in [-0.4, -0.2) is 56.5 Å². The number of hydrogen-bond donors (Lipinski definition) is 2. The fourth-order valence-corrected chi connectivity index (χ4v) is 4.28. The Hall–Kier alpha value is -3.49. The molecule has 1 aliphatic rings. The maximum Gasteiger partial charge on any atom is 0.313 e. The highest BCUT2D eigenvalue weighted by Crippen LogP contribution is 2.26. The fourth-order valence-electron chi connectivity index (χ4n) is 4.10. The monoisotopic (exact) mass is 496 g/mol. The van der Waals surface area contributed by atoms with Crippen LogP contribution in [0.2, 0.25) is 5.02 Å². The topological polar surface area (TPSA) is 87.0 Å². The van der Waals surface area contributed by atoms with Gasteiger partial charge in [-0.25, -0.2) is 0 Å². The number of furan rings is 1. The minimum Gasteiger partial charge on any atom is -0.497 e. The third kappa shape index (κ3) is 6.15. The number of nitrogens with zero attached hydrogens (tertiary/aromatic N) is 2. The molecule has 0 spiro atoms. The minimum atomic E-state index is -0.743. The largest absolute Gasteiger partial charge is 0.497 e. The molecule has 1 unspecified atom stereocenters. The summed E-state index contributed by atoms with van der Waals surface area (Å²) < 4.78 is 10.9. The third-order valence-corrected chi connectivity index (χ3v) is 6.56. The second-order valence-corrected chi connectivity index (χ2v) is 8.79. The Morgan fingerprint density at radius 2 is 1.80 bits per heavy atom. The van der Waals surface area contributed by atoms with E-state index in [0.717, 1.165) is 48.9 Å². The summed E-state index contributed by atoms with van der Waals surface area (Å²) in [7, 11) is 1.66. The first-order valence-corrected chi connectivity index (χ1v) is 11.8. The number of amides is 2. The number of halogens is 1. The number of benzene rings is 2. The van der Waals surface area contributed by atoms with E-state index in [9.17, 15) is 9.59 Å². The lowest BCUT2D eigenvalue weighted by Gasteiger charge is -2.39. The van der Waals surface area contributed by atoms with Crippen molar-refractivity contribution >= 4 is 34.8 Å². The highest BCUT2D eigenvalue weighted by molar-refractivity contribution is 6.39. The molecule has 9 heteroatoms. The molecule has 1 atom stereocenters. The number of carbonyl (C=O) groups excluding carboxylic acids is 2. The van der Waals surface area contributed by atoms with E-state index in [1.807, 2.05) is 31.2 Å². The summed E-state index contributed by atoms with van der Waals surface area (Å²) in [4.78, 5) is 29.5. The Kier molecular flexibility index (Phi) is 7.94. The Morgan fingerprint density at radius 3 is 2.43 bits per heavy atom. The minimum absolute atomic E-state index is 0.186. The molecule has 8 nitrogen and oxygen atoms in total. The highest BCUT2D eigenvalue weighted by Gasteiger charge is 2.28. The molecular formula is C26H29ClN4O4. The lowest BCUT2D eigenvalue weighted by atomic mass is 10.1. The highest BCUT2D eigenvalue weighted by atomic mass is 35.5. The average Bonchev–Trinajstić information content (AvgIpc) is 3.41. The maximum atomic E-state index is 12.5. The second kappa shape index (κ2) is 11.3. The first-order valence-electron chi connectivity index (χ1n) is 11.5. The van der Waals surface area contributed by atoms with Gasteiger partial charge in [-0.05, 0) is 61.0 Å². The normalized spacial score (nSPS) is 14.9. The van der Waals surface area contributed by atoms with Gasteiger partial charge in [0.2, 0.25) is 0 Å². The van der Waals surface area contributed by atoms with E-state index in [4.69, 9.17) is 20.8 Å². The number of carbonyl (C=O) groups is 2. The van der Waals surface area contributed by atoms with Gasteiger partial charge in [-0.2, -0.15) is 0 Å². The van der Waals surface area contributed by atoms with Crippen LogP contribution < -0.4 is 20.3 Å². The Labute approximate surface area is 209 Å². The van der Waals surface area contributed by atoms with E-state index in [-0.39, 0.29) is 12.6 Å². The van der Waals surface area contributed by atoms with E-state index < -0.39 is 11.8 Å². The summed E-state index contributed by atoms with van der Waals surface area (Å²) in [5.74, 6) is 0.118. The van der Waals surface area contributed by atoms with E-state index in [1.165, 1.54) is 0 Å². The average molecular weight is 497 g/mol. The van der Waals surface area contributed by atoms with Crippen molar-refractivity contribution in [2.24, 2.45) is 0 Å². The van der Waals surface area contributed by atoms with E-state index >= 15 is 0 Å². The first kappa shape index (κ1) is 24.6. The van der Waals surface area contributed by atoms with Crippen LogP contribution in [0.3, 0.4) is 0 Å². The molecule has 0 aliphatic carbocycles. The van der Waals surface area contributed by atoms with Crippen molar-refractivity contribution in [2.75, 3.05) is 50.1 Å². The van der Waals surface area contributed by atoms with Crippen LogP contribution in [0.15, 0.2) is 65.3 Å². The van der Waals surface area contributed by atoms with Gasteiger partial charge in [0, 0.05) is 49.1 Å². The molecular weight excluding hydrogens is 468 g/mol. The fraction of sp³-hybridized carbons (Fsp3) is 0.308. The van der Waals surface area contributed by atoms with Gasteiger partial charge in [-0.1, -0.05) is 17.7 Å². The van der Waals surface area contributed by atoms with Crippen LogP contribution in [0, 0.1) is 6.92 Å². The summed E-state index contributed by atoms with van der Waals surface area (Å²) in [6, 6.07) is 16.7. The van der Waals surface area contributed by atoms with Gasteiger partial charge in [0.15, 0.2) is 0 Å². The molecule has 0 radical (unpaired) electrons. The quantitative estimate of drug-likeness (QED) is 0.483. The zero-order chi connectivity index (χ0) is 24.8. The predicted octanol–water partition coefficient (Wildman–Crippen LogP) is 3.87. The Balaban J connectivity index is 1.35. The van der Waals surface area contributed by atoms with Gasteiger partial charge < -0.3 is 24.7 Å². The Morgan fingerprint density at radius 1 is 1.06 bits per heavy atom. The van der Waals surface area contributed by atoms with Crippen molar-refractivity contribution in [3.05, 3.63) is 77.2 Å². The van der Waals surface area contributed by atoms with Crippen molar-refractivity contribution in [3.63, 3.8) is 0 Å². The first-order chi connectivity index (χ1) is 16.9. The smallest absolute Gasteiger partial charge is 0.313 e. The van der Waals surface area contributed by atoms with Crippen molar-refractivity contribution < 1.29 is 18.7 Å². The SMILES string of the molecule is COc1ccc(N2CCN(C(CNC(=O)C(=O)Nc3ccc(C)c(Cl)c3)c3ccco3)CC2)cc1. The van der Waals surface area contributed by atoms with E-state index in [2.05, 4.69) is 32.6 Å². The molecule has 2 aromatic carbocycles. The molecule has 2 N–H and O–H groups in total. The molecule has 184 valence electrons. The van der Waals surface area contributed by atoms with Crippen molar-refractivity contribution in [1.29, 1.82) is 0 Å². The molecule has 1 fully saturated rings. The summed E-state index contributed by atoms with van der Waals surface area (Å²) >= 11 is 6.11. The zero-order valence-electron chi connectivity index (χ0n) is 19.8. The van der Waals surface area contributed by atoms with Crippen LogP contribution in [0.25, 0.3) is 0 Å². The van der Waals surface area contributed by atoms with Gasteiger partial charge in [0.05, 0.1) is 19.4 Å². The van der Waals surface area contributed by atoms with Gasteiger partial charge in [0.25, 0.3) is 0 Å². The lowest BCUT2D eigenvalue weighted by Crippen LogP contribution is -2.50. The molecule has 1 saturated heterocycles. The van der Waals surface area contributed by atoms with E-state index in [1.54, 1.807) is 31.6 Å². The number of aryl methyl sites for hydroxylation is 1. The summed E-state index contributed by atoms with van der Waals surface area (Å²) in [5, 5.41) is 5.87. The van der Waals surface area contributed by atoms with Crippen LogP contribution in [0.1, 0.15) is 17.4 Å². The maximum absolute atomic E-state index is 12.5. The molecule has 0 bridgehead atoms. The molecule has 1 aliphatic heterocycles. The summed E-state index contributed by atoms with van der Waals surface area (Å²) in [5.41, 5.74) is 2.50. The number of hydrogen-bond acceptors (Lipinski definition) is 6. The predicted molar refractivity (Wildman–Crippen MR) is 136 cm³/mol. The second-order valence-electron chi connectivity index (χ2n) is 8.38. The molecule has 0 saturated carbocycles. The van der Waals surface area contributed by atoms with Crippen LogP contribution in [0.5, 0.6) is 5.75 Å². The molecule has 35 heavy (non-hydrogen) atoms. The molecule has 2 heterocycles. The molecule has 1 aromatic heterocycles. The number of anilines is 2. The number of nitrogens with one attached hydrogen (secondary N) is 2. The van der Waals surface area contributed by atoms with Crippen molar-refractivity contribution in [2.45, 2.75) is 13.0 Å². The number of ether oxygens (including phenoxy) is 1.